The van der Waals surface area contributed by atoms with Crippen molar-refractivity contribution in [2.24, 2.45) is 14.7 Å². The maximum atomic E-state index is 12.5. The number of furan rings is 1. The first-order chi connectivity index (χ1) is 15.7. The first-order valence-corrected chi connectivity index (χ1v) is 12.5. The Morgan fingerprint density at radius 3 is 2.55 bits per heavy atom. The maximum Gasteiger partial charge on any atom is 0.269 e. The molecular formula is C22H26BrN5O4S. The molecule has 1 aromatic heterocycles. The first kappa shape index (κ1) is 23.5. The molecule has 0 saturated heterocycles. The third-order valence-electron chi connectivity index (χ3n) is 5.79. The molecule has 0 bridgehead atoms. The van der Waals surface area contributed by atoms with E-state index >= 15 is 0 Å². The van der Waals surface area contributed by atoms with Gasteiger partial charge < -0.3 is 25.1 Å². The van der Waals surface area contributed by atoms with E-state index in [4.69, 9.17) is 4.42 Å². The molecule has 2 aliphatic rings. The second-order valence-corrected chi connectivity index (χ2v) is 10.0. The van der Waals surface area contributed by atoms with Gasteiger partial charge in [0.15, 0.2) is 17.4 Å². The van der Waals surface area contributed by atoms with Crippen molar-refractivity contribution in [1.29, 1.82) is 0 Å². The number of rotatable bonds is 5. The van der Waals surface area contributed by atoms with Crippen LogP contribution in [0.2, 0.25) is 0 Å². The van der Waals surface area contributed by atoms with Gasteiger partial charge in [0.05, 0.1) is 17.3 Å². The van der Waals surface area contributed by atoms with E-state index < -0.39 is 11.2 Å². The Balaban J connectivity index is 1.61. The van der Waals surface area contributed by atoms with Crippen LogP contribution in [0.5, 0.6) is 5.75 Å². The number of aromatic hydroxyl groups is 1. The van der Waals surface area contributed by atoms with Crippen molar-refractivity contribution < 1.29 is 18.5 Å². The van der Waals surface area contributed by atoms with Gasteiger partial charge in [0.25, 0.3) is 17.1 Å². The van der Waals surface area contributed by atoms with Crippen LogP contribution in [0, 0.1) is 12.8 Å². The van der Waals surface area contributed by atoms with Crippen LogP contribution in [-0.2, 0) is 11.2 Å². The summed E-state index contributed by atoms with van der Waals surface area (Å²) < 4.78 is 26.8. The van der Waals surface area contributed by atoms with E-state index in [0.29, 0.717) is 16.2 Å². The van der Waals surface area contributed by atoms with E-state index in [2.05, 4.69) is 35.4 Å². The van der Waals surface area contributed by atoms with Gasteiger partial charge in [-0.1, -0.05) is 12.8 Å². The minimum Gasteiger partial charge on any atom is -0.505 e. The molecule has 2 atom stereocenters. The molecule has 3 N–H and O–H groups in total. The lowest BCUT2D eigenvalue weighted by molar-refractivity contribution is 0.0824. The van der Waals surface area contributed by atoms with Crippen LogP contribution in [0.4, 0.5) is 5.69 Å². The topological polar surface area (TPSA) is 120 Å². The number of nitrogens with one attached hydrogen (secondary N) is 2. The number of phenolic OH excluding ortho intramolecular Hbond substituents is 1. The van der Waals surface area contributed by atoms with E-state index in [-0.39, 0.29) is 34.8 Å². The number of amides is 1. The minimum absolute atomic E-state index is 0.117. The second-order valence-electron chi connectivity index (χ2n) is 8.37. The third kappa shape index (κ3) is 4.98. The number of benzene rings is 1. The van der Waals surface area contributed by atoms with Crippen LogP contribution in [0.1, 0.15) is 53.6 Å². The van der Waals surface area contributed by atoms with Gasteiger partial charge in [0, 0.05) is 18.6 Å². The first-order valence-electron chi connectivity index (χ1n) is 10.7. The summed E-state index contributed by atoms with van der Waals surface area (Å²) in [7, 11) is 3.21. The molecule has 1 fully saturated rings. The van der Waals surface area contributed by atoms with E-state index in [1.807, 2.05) is 19.1 Å². The maximum absolute atomic E-state index is 12.5. The van der Waals surface area contributed by atoms with Gasteiger partial charge in [-0.15, -0.1) is 8.80 Å². The number of carbonyl (C=O) groups excluding carboxylic acids is 1. The molecule has 2 heterocycles. The molecule has 4 rings (SSSR count). The number of hydrogen-bond acceptors (Lipinski definition) is 6. The molecule has 0 radical (unpaired) electrons. The molecule has 9 nitrogen and oxygen atoms in total. The van der Waals surface area contributed by atoms with Crippen molar-refractivity contribution in [3.05, 3.63) is 45.8 Å². The number of carbonyl (C=O) groups is 1. The number of nitrogens with zero attached hydrogens (tertiary/aromatic N) is 3. The summed E-state index contributed by atoms with van der Waals surface area (Å²) in [5.74, 6) is 1.90. The molecule has 33 heavy (non-hydrogen) atoms. The Kier molecular flexibility index (Phi) is 6.89. The fourth-order valence-corrected chi connectivity index (χ4v) is 5.26. The predicted octanol–water partition coefficient (Wildman–Crippen LogP) is 4.08. The summed E-state index contributed by atoms with van der Waals surface area (Å²) in [5.41, 5.74) is 0.368. The molecule has 2 aromatic rings. The predicted molar refractivity (Wildman–Crippen MR) is 132 cm³/mol. The van der Waals surface area contributed by atoms with Crippen molar-refractivity contribution in [2.75, 3.05) is 19.4 Å². The van der Waals surface area contributed by atoms with Gasteiger partial charge in [0.1, 0.15) is 11.5 Å². The average Bonchev–Trinajstić information content (AvgIpc) is 3.50. The van der Waals surface area contributed by atoms with Crippen molar-refractivity contribution >= 4 is 50.4 Å². The molecule has 0 spiro atoms. The van der Waals surface area contributed by atoms with Crippen LogP contribution in [0.15, 0.2) is 42.0 Å². The summed E-state index contributed by atoms with van der Waals surface area (Å²) in [6.45, 7) is 1.90. The molecule has 11 heteroatoms. The molecule has 2 unspecified atom stereocenters. The van der Waals surface area contributed by atoms with Crippen molar-refractivity contribution in [1.82, 2.24) is 10.2 Å². The van der Waals surface area contributed by atoms with E-state index in [1.54, 1.807) is 26.2 Å². The third-order valence-corrected chi connectivity index (χ3v) is 7.13. The summed E-state index contributed by atoms with van der Waals surface area (Å²) in [5, 5.41) is 17.2. The average molecular weight is 536 g/mol. The van der Waals surface area contributed by atoms with Crippen LogP contribution >= 0.6 is 15.9 Å². The highest BCUT2D eigenvalue weighted by Crippen LogP contribution is 2.37. The van der Waals surface area contributed by atoms with Crippen LogP contribution < -0.4 is 10.6 Å². The summed E-state index contributed by atoms with van der Waals surface area (Å²) in [6, 6.07) is 6.98. The Morgan fingerprint density at radius 1 is 1.21 bits per heavy atom. The van der Waals surface area contributed by atoms with Crippen molar-refractivity contribution in [2.45, 2.75) is 38.6 Å². The standard InChI is InChI=1S/C22H26BrN5O4S/c1-12-8-11-16(32-12)18(13-6-4-5-7-13)25-21-20(26-33(31)27-21)24-15-10-9-14(23)17(19(15)29)22(30)28(2)3/h8-11,13,18,29H,4-7H2,1-3H3,(H,24,26)(H,25,27). The zero-order valence-electron chi connectivity index (χ0n) is 18.6. The summed E-state index contributed by atoms with van der Waals surface area (Å²) >= 11 is 1.52. The number of aryl methyl sites for hydroxylation is 1. The van der Waals surface area contributed by atoms with E-state index in [9.17, 15) is 14.1 Å². The fourth-order valence-electron chi connectivity index (χ4n) is 4.14. The quantitative estimate of drug-likeness (QED) is 0.496. The summed E-state index contributed by atoms with van der Waals surface area (Å²) in [6.07, 6.45) is 4.40. The lowest BCUT2D eigenvalue weighted by Gasteiger charge is -2.24. The van der Waals surface area contributed by atoms with Gasteiger partial charge in [-0.3, -0.25) is 4.79 Å². The van der Waals surface area contributed by atoms with Crippen LogP contribution in [-0.4, -0.2) is 45.9 Å². The minimum atomic E-state index is -1.80. The lowest BCUT2D eigenvalue weighted by Crippen LogP contribution is -2.39. The number of hydrogen-bond donors (Lipinski definition) is 3. The lowest BCUT2D eigenvalue weighted by atomic mass is 9.96. The molecule has 1 aliphatic carbocycles. The van der Waals surface area contributed by atoms with Gasteiger partial charge in [0.2, 0.25) is 0 Å². The van der Waals surface area contributed by atoms with Crippen LogP contribution in [0.3, 0.4) is 0 Å². The highest BCUT2D eigenvalue weighted by Gasteiger charge is 2.32. The highest BCUT2D eigenvalue weighted by atomic mass is 79.9. The zero-order chi connectivity index (χ0) is 23.7. The van der Waals surface area contributed by atoms with E-state index in [0.717, 1.165) is 37.2 Å². The number of amidine groups is 2. The van der Waals surface area contributed by atoms with E-state index in [1.165, 1.54) is 4.90 Å². The van der Waals surface area contributed by atoms with Gasteiger partial charge in [-0.05, 0) is 65.9 Å². The molecule has 1 aromatic carbocycles. The van der Waals surface area contributed by atoms with Crippen molar-refractivity contribution in [3.63, 3.8) is 0 Å². The molecule has 1 saturated carbocycles. The van der Waals surface area contributed by atoms with Crippen LogP contribution in [0.25, 0.3) is 0 Å². The molecule has 1 aliphatic heterocycles. The second kappa shape index (κ2) is 9.68. The normalized spacial score (nSPS) is 19.2. The number of phenols is 1. The Hall–Kier alpha value is -2.66. The zero-order valence-corrected chi connectivity index (χ0v) is 21.0. The number of anilines is 1. The SMILES string of the molecule is Cc1ccc(C(NC2=NS(=O)N=C2Nc2ccc(Br)c(C(=O)N(C)C)c2O)C2CCCC2)o1. The Bertz CT molecular complexity index is 1150. The monoisotopic (exact) mass is 535 g/mol. The highest BCUT2D eigenvalue weighted by molar-refractivity contribution is 9.10. The fraction of sp³-hybridized carbons (Fsp3) is 0.409. The molecule has 176 valence electrons. The smallest absolute Gasteiger partial charge is 0.269 e. The largest absolute Gasteiger partial charge is 0.505 e. The Labute approximate surface area is 203 Å². The number of halogens is 1. The molecular weight excluding hydrogens is 510 g/mol. The Morgan fingerprint density at radius 2 is 1.91 bits per heavy atom. The van der Waals surface area contributed by atoms with Gasteiger partial charge >= 0.3 is 0 Å². The molecule has 1 amide bonds. The van der Waals surface area contributed by atoms with Crippen molar-refractivity contribution in [3.8, 4) is 5.75 Å². The van der Waals surface area contributed by atoms with Gasteiger partial charge in [-0.2, -0.15) is 0 Å². The van der Waals surface area contributed by atoms with Gasteiger partial charge in [-0.25, -0.2) is 4.21 Å². The summed E-state index contributed by atoms with van der Waals surface area (Å²) in [4.78, 5) is 13.9.